The summed E-state index contributed by atoms with van der Waals surface area (Å²) in [5.41, 5.74) is 2.75. The molecule has 2 N–H and O–H groups in total. The van der Waals surface area contributed by atoms with Gasteiger partial charge in [0, 0.05) is 18.4 Å². The maximum absolute atomic E-state index is 12.1. The third kappa shape index (κ3) is 2.33. The molecule has 6 heteroatoms. The van der Waals surface area contributed by atoms with Crippen molar-refractivity contribution in [1.29, 1.82) is 0 Å². The van der Waals surface area contributed by atoms with E-state index >= 15 is 0 Å². The zero-order valence-electron chi connectivity index (χ0n) is 11.8. The molecule has 0 aromatic carbocycles. The van der Waals surface area contributed by atoms with Crippen LogP contribution in [0.2, 0.25) is 0 Å². The predicted octanol–water partition coefficient (Wildman–Crippen LogP) is 1.99. The van der Waals surface area contributed by atoms with Crippen LogP contribution in [0.1, 0.15) is 60.5 Å². The minimum Gasteiger partial charge on any atom is -0.342 e. The number of hydrogen-bond acceptors (Lipinski definition) is 3. The third-order valence-electron chi connectivity index (χ3n) is 3.69. The first-order valence-electron chi connectivity index (χ1n) is 7.03. The summed E-state index contributed by atoms with van der Waals surface area (Å²) in [7, 11) is 0. The highest BCUT2D eigenvalue weighted by Crippen LogP contribution is 2.29. The molecule has 0 bridgehead atoms. The van der Waals surface area contributed by atoms with Crippen LogP contribution in [0, 0.1) is 0 Å². The second-order valence-corrected chi connectivity index (χ2v) is 5.50. The molecule has 0 unspecified atom stereocenters. The monoisotopic (exact) mass is 273 g/mol. The fraction of sp³-hybridized carbons (Fsp3) is 0.500. The molecule has 0 aliphatic heterocycles. The van der Waals surface area contributed by atoms with Gasteiger partial charge in [-0.15, -0.1) is 0 Å². The van der Waals surface area contributed by atoms with Crippen LogP contribution in [-0.4, -0.2) is 25.9 Å². The summed E-state index contributed by atoms with van der Waals surface area (Å²) in [6.07, 6.45) is 6.73. The minimum absolute atomic E-state index is 0.00505. The van der Waals surface area contributed by atoms with Crippen LogP contribution >= 0.6 is 0 Å². The van der Waals surface area contributed by atoms with Crippen LogP contribution in [0.15, 0.2) is 18.5 Å². The molecule has 1 aliphatic rings. The fourth-order valence-electron chi connectivity index (χ4n) is 2.59. The van der Waals surface area contributed by atoms with Crippen molar-refractivity contribution < 1.29 is 4.79 Å². The van der Waals surface area contributed by atoms with E-state index in [1.165, 1.54) is 5.56 Å². The summed E-state index contributed by atoms with van der Waals surface area (Å²) in [5, 5.41) is 14.2. The Bertz CT molecular complexity index is 599. The lowest BCUT2D eigenvalue weighted by Crippen LogP contribution is -2.31. The van der Waals surface area contributed by atoms with E-state index in [-0.39, 0.29) is 11.9 Å². The number of carbonyl (C=O) groups excluding carboxylic acids is 1. The van der Waals surface area contributed by atoms with E-state index < -0.39 is 0 Å². The van der Waals surface area contributed by atoms with E-state index in [1.807, 2.05) is 4.68 Å². The molecular weight excluding hydrogens is 254 g/mol. The molecule has 2 aromatic heterocycles. The van der Waals surface area contributed by atoms with Crippen molar-refractivity contribution in [2.75, 3.05) is 0 Å². The minimum atomic E-state index is -0.126. The summed E-state index contributed by atoms with van der Waals surface area (Å²) in [5.74, 6) is -0.126. The Hall–Kier alpha value is -2.11. The number of aryl methyl sites for hydroxylation is 1. The molecule has 0 saturated heterocycles. The number of fused-ring (bicyclic) bond motifs is 1. The maximum Gasteiger partial charge on any atom is 0.269 e. The fourth-order valence-corrected chi connectivity index (χ4v) is 2.59. The van der Waals surface area contributed by atoms with E-state index in [2.05, 4.69) is 40.7 Å². The van der Waals surface area contributed by atoms with E-state index in [9.17, 15) is 4.79 Å². The van der Waals surface area contributed by atoms with Crippen molar-refractivity contribution in [3.63, 3.8) is 0 Å². The molecule has 6 nitrogen and oxygen atoms in total. The lowest BCUT2D eigenvalue weighted by molar-refractivity contribution is 0.0926. The average molecular weight is 273 g/mol. The van der Waals surface area contributed by atoms with Crippen molar-refractivity contribution in [3.8, 4) is 0 Å². The molecule has 0 saturated carbocycles. The van der Waals surface area contributed by atoms with Gasteiger partial charge in [0.1, 0.15) is 5.69 Å². The van der Waals surface area contributed by atoms with Crippen molar-refractivity contribution >= 4 is 5.91 Å². The standard InChI is InChI=1S/C14H19N5O/c1-9(2)19-8-10-4-3-5-11(13(10)18-19)16-14(20)12-6-7-15-17-12/h6-9,11H,3-5H2,1-2H3,(H,15,17)(H,16,20)/t11-/m1/s1. The molecule has 0 spiro atoms. The van der Waals surface area contributed by atoms with Gasteiger partial charge in [0.2, 0.25) is 0 Å². The Morgan fingerprint density at radius 1 is 1.55 bits per heavy atom. The number of H-pyrrole nitrogens is 1. The molecule has 0 radical (unpaired) electrons. The first-order chi connectivity index (χ1) is 9.65. The third-order valence-corrected chi connectivity index (χ3v) is 3.69. The number of amides is 1. The summed E-state index contributed by atoms with van der Waals surface area (Å²) in [4.78, 5) is 12.1. The smallest absolute Gasteiger partial charge is 0.269 e. The number of aromatic amines is 1. The largest absolute Gasteiger partial charge is 0.342 e. The Morgan fingerprint density at radius 3 is 3.10 bits per heavy atom. The first-order valence-corrected chi connectivity index (χ1v) is 7.03. The molecule has 0 fully saturated rings. The van der Waals surface area contributed by atoms with Gasteiger partial charge in [-0.2, -0.15) is 10.2 Å². The summed E-state index contributed by atoms with van der Waals surface area (Å²) in [6.45, 7) is 4.22. The number of aromatic nitrogens is 4. The van der Waals surface area contributed by atoms with Crippen LogP contribution in [0.4, 0.5) is 0 Å². The van der Waals surface area contributed by atoms with Gasteiger partial charge in [-0.25, -0.2) is 0 Å². The van der Waals surface area contributed by atoms with Gasteiger partial charge < -0.3 is 5.32 Å². The van der Waals surface area contributed by atoms with Gasteiger partial charge >= 0.3 is 0 Å². The molecular formula is C14H19N5O. The molecule has 2 aromatic rings. The summed E-state index contributed by atoms with van der Waals surface area (Å²) < 4.78 is 1.98. The van der Waals surface area contributed by atoms with Crippen molar-refractivity contribution in [3.05, 3.63) is 35.4 Å². The number of nitrogens with one attached hydrogen (secondary N) is 2. The second-order valence-electron chi connectivity index (χ2n) is 5.50. The molecule has 20 heavy (non-hydrogen) atoms. The highest BCUT2D eigenvalue weighted by atomic mass is 16.2. The van der Waals surface area contributed by atoms with E-state index in [0.29, 0.717) is 11.7 Å². The van der Waals surface area contributed by atoms with Crippen LogP contribution in [0.5, 0.6) is 0 Å². The topological polar surface area (TPSA) is 75.6 Å². The van der Waals surface area contributed by atoms with Crippen LogP contribution in [0.3, 0.4) is 0 Å². The molecule has 1 aliphatic carbocycles. The lowest BCUT2D eigenvalue weighted by Gasteiger charge is -2.21. The van der Waals surface area contributed by atoms with Crippen molar-refractivity contribution in [2.45, 2.75) is 45.2 Å². The Morgan fingerprint density at radius 2 is 2.40 bits per heavy atom. The van der Waals surface area contributed by atoms with Crippen LogP contribution in [-0.2, 0) is 6.42 Å². The molecule has 1 amide bonds. The summed E-state index contributed by atoms with van der Waals surface area (Å²) in [6, 6.07) is 2.00. The summed E-state index contributed by atoms with van der Waals surface area (Å²) >= 11 is 0. The maximum atomic E-state index is 12.1. The highest BCUT2D eigenvalue weighted by Gasteiger charge is 2.26. The van der Waals surface area contributed by atoms with E-state index in [1.54, 1.807) is 12.3 Å². The van der Waals surface area contributed by atoms with Gasteiger partial charge in [-0.3, -0.25) is 14.6 Å². The van der Waals surface area contributed by atoms with Crippen molar-refractivity contribution in [2.24, 2.45) is 0 Å². The van der Waals surface area contributed by atoms with Crippen LogP contribution in [0.25, 0.3) is 0 Å². The van der Waals surface area contributed by atoms with E-state index in [4.69, 9.17) is 0 Å². The SMILES string of the molecule is CC(C)n1cc2c(n1)[C@H](NC(=O)c1ccn[nH]1)CCC2. The average Bonchev–Trinajstić information content (AvgIpc) is 3.08. The van der Waals surface area contributed by atoms with Gasteiger partial charge in [-0.05, 0) is 44.7 Å². The Labute approximate surface area is 117 Å². The molecule has 3 rings (SSSR count). The van der Waals surface area contributed by atoms with Gasteiger partial charge in [0.25, 0.3) is 5.91 Å². The lowest BCUT2D eigenvalue weighted by atomic mass is 9.93. The van der Waals surface area contributed by atoms with Gasteiger partial charge in [-0.1, -0.05) is 0 Å². The van der Waals surface area contributed by atoms with Crippen molar-refractivity contribution in [1.82, 2.24) is 25.3 Å². The number of rotatable bonds is 3. The van der Waals surface area contributed by atoms with Gasteiger partial charge in [0.15, 0.2) is 0 Å². The Balaban J connectivity index is 1.81. The van der Waals surface area contributed by atoms with Crippen LogP contribution < -0.4 is 5.32 Å². The highest BCUT2D eigenvalue weighted by molar-refractivity contribution is 5.92. The zero-order chi connectivity index (χ0) is 14.1. The predicted molar refractivity (Wildman–Crippen MR) is 74.3 cm³/mol. The zero-order valence-corrected chi connectivity index (χ0v) is 11.8. The molecule has 1 atom stereocenters. The molecule has 106 valence electrons. The normalized spacial score (nSPS) is 18.1. The number of carbonyl (C=O) groups is 1. The molecule has 2 heterocycles. The van der Waals surface area contributed by atoms with Gasteiger partial charge in [0.05, 0.1) is 11.7 Å². The first kappa shape index (κ1) is 12.9. The number of nitrogens with zero attached hydrogens (tertiary/aromatic N) is 3. The number of hydrogen-bond donors (Lipinski definition) is 2. The van der Waals surface area contributed by atoms with E-state index in [0.717, 1.165) is 25.0 Å². The second kappa shape index (κ2) is 5.11. The quantitative estimate of drug-likeness (QED) is 0.898. The Kier molecular flexibility index (Phi) is 3.30.